The Bertz CT molecular complexity index is 1740. The second-order valence-corrected chi connectivity index (χ2v) is 9.71. The summed E-state index contributed by atoms with van der Waals surface area (Å²) in [5, 5.41) is 8.79. The summed E-state index contributed by atoms with van der Waals surface area (Å²) in [6.07, 6.45) is 0.982. The monoisotopic (exact) mass is 474 g/mol. The van der Waals surface area contributed by atoms with Crippen molar-refractivity contribution < 1.29 is 17.2 Å². The molecule has 1 heterocycles. The van der Waals surface area contributed by atoms with Crippen LogP contribution in [0.5, 0.6) is 0 Å². The van der Waals surface area contributed by atoms with Crippen molar-refractivity contribution in [1.29, 1.82) is 5.26 Å². The molecule has 0 aliphatic rings. The number of nitrogens with zero attached hydrogens (tertiary/aromatic N) is 1. The zero-order chi connectivity index (χ0) is 24.6. The summed E-state index contributed by atoms with van der Waals surface area (Å²) < 4.78 is 54.4. The Morgan fingerprint density at radius 1 is 0.941 bits per heavy atom. The fourth-order valence-electron chi connectivity index (χ4n) is 3.51. The first-order valence-electron chi connectivity index (χ1n) is 9.97. The zero-order valence-corrected chi connectivity index (χ0v) is 18.8. The lowest BCUT2D eigenvalue weighted by molar-refractivity contribution is 0.585. The van der Waals surface area contributed by atoms with E-state index in [1.54, 1.807) is 12.1 Å². The van der Waals surface area contributed by atoms with E-state index in [1.165, 1.54) is 18.2 Å². The van der Waals surface area contributed by atoms with Gasteiger partial charge < -0.3 is 4.98 Å². The Labute approximate surface area is 194 Å². The van der Waals surface area contributed by atoms with Crippen molar-refractivity contribution in [3.63, 3.8) is 0 Å². The summed E-state index contributed by atoms with van der Waals surface area (Å²) in [5.74, 6) is 3.05. The number of halogens is 2. The summed E-state index contributed by atoms with van der Waals surface area (Å²) in [5.41, 5.74) is 0.269. The van der Waals surface area contributed by atoms with E-state index < -0.39 is 37.9 Å². The van der Waals surface area contributed by atoms with Crippen molar-refractivity contribution in [2.45, 2.75) is 11.8 Å². The predicted molar refractivity (Wildman–Crippen MR) is 125 cm³/mol. The van der Waals surface area contributed by atoms with Gasteiger partial charge in [0, 0.05) is 23.4 Å². The average Bonchev–Trinajstić information content (AvgIpc) is 2.78. The molecule has 1 aromatic heterocycles. The first kappa shape index (κ1) is 22.9. The maximum Gasteiger partial charge on any atom is 0.193 e. The van der Waals surface area contributed by atoms with Gasteiger partial charge in [0.2, 0.25) is 0 Å². The van der Waals surface area contributed by atoms with E-state index in [1.807, 2.05) is 25.1 Å². The molecule has 0 aliphatic carbocycles. The molecular formula is C26H16F2N2O3S. The molecule has 5 nitrogen and oxygen atoms in total. The van der Waals surface area contributed by atoms with Crippen molar-refractivity contribution in [3.05, 3.63) is 98.7 Å². The Morgan fingerprint density at radius 3 is 2.26 bits per heavy atom. The van der Waals surface area contributed by atoms with E-state index in [0.29, 0.717) is 5.56 Å². The average molecular weight is 474 g/mol. The molecule has 34 heavy (non-hydrogen) atoms. The summed E-state index contributed by atoms with van der Waals surface area (Å²) in [6, 6.07) is 14.8. The lowest BCUT2D eigenvalue weighted by atomic mass is 10.0. The fraction of sp³-hybridized carbons (Fsp3) is 0.0769. The molecule has 4 rings (SSSR count). The number of nitrogens with one attached hydrogen (secondary N) is 1. The van der Waals surface area contributed by atoms with E-state index in [-0.39, 0.29) is 27.2 Å². The van der Waals surface area contributed by atoms with Crippen LogP contribution < -0.4 is 5.43 Å². The predicted octanol–water partition coefficient (Wildman–Crippen LogP) is 4.46. The van der Waals surface area contributed by atoms with E-state index in [4.69, 9.17) is 0 Å². The van der Waals surface area contributed by atoms with Crippen molar-refractivity contribution in [1.82, 2.24) is 4.98 Å². The molecule has 3 aromatic carbocycles. The van der Waals surface area contributed by atoms with Gasteiger partial charge in [-0.05, 0) is 43.3 Å². The normalized spacial score (nSPS) is 11.0. The Kier molecular flexibility index (Phi) is 5.78. The van der Waals surface area contributed by atoms with Gasteiger partial charge in [-0.3, -0.25) is 4.79 Å². The number of aromatic amines is 1. The zero-order valence-electron chi connectivity index (χ0n) is 18.0. The number of sulfone groups is 1. The first-order valence-corrected chi connectivity index (χ1v) is 11.9. The van der Waals surface area contributed by atoms with Crippen molar-refractivity contribution in [3.8, 4) is 29.2 Å². The summed E-state index contributed by atoms with van der Waals surface area (Å²) >= 11 is 0. The second kappa shape index (κ2) is 8.58. The van der Waals surface area contributed by atoms with Crippen LogP contribution in [0.2, 0.25) is 0 Å². The molecule has 0 fully saturated rings. The smallest absolute Gasteiger partial charge is 0.193 e. The maximum absolute atomic E-state index is 15.2. The molecule has 0 saturated heterocycles. The molecule has 8 heteroatoms. The molecule has 0 unspecified atom stereocenters. The largest absolute Gasteiger partial charge is 0.354 e. The molecule has 4 aromatic rings. The van der Waals surface area contributed by atoms with Crippen LogP contribution in [-0.4, -0.2) is 19.7 Å². The highest BCUT2D eigenvalue weighted by Crippen LogP contribution is 2.29. The summed E-state index contributed by atoms with van der Waals surface area (Å²) in [6.45, 7) is 1.90. The van der Waals surface area contributed by atoms with Crippen molar-refractivity contribution in [2.24, 2.45) is 0 Å². The molecule has 0 amide bonds. The maximum atomic E-state index is 15.2. The van der Waals surface area contributed by atoms with Gasteiger partial charge in [-0.2, -0.15) is 5.26 Å². The number of pyridine rings is 1. The fourth-order valence-corrected chi connectivity index (χ4v) is 4.39. The second-order valence-electron chi connectivity index (χ2n) is 7.73. The van der Waals surface area contributed by atoms with Gasteiger partial charge in [-0.25, -0.2) is 17.2 Å². The molecule has 0 radical (unpaired) electrons. The number of nitriles is 1. The summed E-state index contributed by atoms with van der Waals surface area (Å²) in [7, 11) is -3.73. The van der Waals surface area contributed by atoms with Crippen LogP contribution in [0.15, 0.2) is 64.3 Å². The van der Waals surface area contributed by atoms with Gasteiger partial charge in [-0.1, -0.05) is 29.5 Å². The highest BCUT2D eigenvalue weighted by molar-refractivity contribution is 7.90. The number of rotatable bonds is 2. The quantitative estimate of drug-likeness (QED) is 0.435. The lowest BCUT2D eigenvalue weighted by Crippen LogP contribution is -2.09. The van der Waals surface area contributed by atoms with Gasteiger partial charge in [0.05, 0.1) is 38.7 Å². The molecule has 0 saturated carbocycles. The standard InChI is InChI=1S/C26H16F2N2O3S/c1-15-3-5-16(6-4-15)7-9-18-20(27)12-22-25(26(18)28)23(31)13-21(30-22)19-11-17(14-29)8-10-24(19)34(2,32)33/h3-6,8,10-13H,1-2H3,(H,30,31). The number of hydrogen-bond acceptors (Lipinski definition) is 4. The number of H-pyrrole nitrogens is 1. The third kappa shape index (κ3) is 4.32. The minimum absolute atomic E-state index is 0.00677. The topological polar surface area (TPSA) is 90.8 Å². The SMILES string of the molecule is Cc1ccc(C#Cc2c(F)cc3[nH]c(-c4cc(C#N)ccc4S(C)(=O)=O)cc(=O)c3c2F)cc1. The van der Waals surface area contributed by atoms with Gasteiger partial charge in [0.15, 0.2) is 21.1 Å². The highest BCUT2D eigenvalue weighted by atomic mass is 32.2. The first-order chi connectivity index (χ1) is 16.1. The van der Waals surface area contributed by atoms with Crippen LogP contribution in [0.1, 0.15) is 22.3 Å². The minimum Gasteiger partial charge on any atom is -0.354 e. The van der Waals surface area contributed by atoms with Crippen LogP contribution in [0, 0.1) is 41.7 Å². The van der Waals surface area contributed by atoms with Gasteiger partial charge in [0.25, 0.3) is 0 Å². The summed E-state index contributed by atoms with van der Waals surface area (Å²) in [4.78, 5) is 15.4. The van der Waals surface area contributed by atoms with E-state index in [2.05, 4.69) is 16.8 Å². The number of aryl methyl sites for hydroxylation is 1. The number of fused-ring (bicyclic) bond motifs is 1. The van der Waals surface area contributed by atoms with Crippen LogP contribution in [-0.2, 0) is 9.84 Å². The Balaban J connectivity index is 1.92. The van der Waals surface area contributed by atoms with E-state index >= 15 is 4.39 Å². The van der Waals surface area contributed by atoms with Gasteiger partial charge >= 0.3 is 0 Å². The minimum atomic E-state index is -3.73. The molecule has 168 valence electrons. The van der Waals surface area contributed by atoms with E-state index in [9.17, 15) is 22.9 Å². The van der Waals surface area contributed by atoms with Gasteiger partial charge in [-0.15, -0.1) is 0 Å². The lowest BCUT2D eigenvalue weighted by Gasteiger charge is -2.11. The molecule has 0 bridgehead atoms. The number of benzene rings is 3. The van der Waals surface area contributed by atoms with Crippen LogP contribution >= 0.6 is 0 Å². The number of aromatic nitrogens is 1. The van der Waals surface area contributed by atoms with E-state index in [0.717, 1.165) is 24.0 Å². The van der Waals surface area contributed by atoms with Crippen molar-refractivity contribution in [2.75, 3.05) is 6.26 Å². The highest BCUT2D eigenvalue weighted by Gasteiger charge is 2.20. The Morgan fingerprint density at radius 2 is 1.62 bits per heavy atom. The van der Waals surface area contributed by atoms with Crippen LogP contribution in [0.3, 0.4) is 0 Å². The molecule has 0 spiro atoms. The molecule has 0 aliphatic heterocycles. The van der Waals surface area contributed by atoms with Crippen molar-refractivity contribution >= 4 is 20.7 Å². The molecule has 0 atom stereocenters. The third-order valence-electron chi connectivity index (χ3n) is 5.19. The Hall–Kier alpha value is -4.27. The third-order valence-corrected chi connectivity index (χ3v) is 6.35. The molecule has 1 N–H and O–H groups in total. The molecular weight excluding hydrogens is 458 g/mol. The van der Waals surface area contributed by atoms with Gasteiger partial charge in [0.1, 0.15) is 5.82 Å². The van der Waals surface area contributed by atoms with Crippen LogP contribution in [0.4, 0.5) is 8.78 Å². The number of hydrogen-bond donors (Lipinski definition) is 1. The van der Waals surface area contributed by atoms with Crippen LogP contribution in [0.25, 0.3) is 22.2 Å².